The number of hydrogen-bond acceptors (Lipinski definition) is 5. The first kappa shape index (κ1) is 13.2. The first-order chi connectivity index (χ1) is 11.8. The molecule has 0 fully saturated rings. The van der Waals surface area contributed by atoms with Gasteiger partial charge >= 0.3 is 0 Å². The van der Waals surface area contributed by atoms with Gasteiger partial charge in [0.15, 0.2) is 11.5 Å². The molecule has 0 aliphatic carbocycles. The molecule has 3 aromatic rings. The molecule has 5 rings (SSSR count). The Balaban J connectivity index is 1.76. The van der Waals surface area contributed by atoms with E-state index in [-0.39, 0.29) is 6.79 Å². The van der Waals surface area contributed by atoms with Crippen molar-refractivity contribution in [3.05, 3.63) is 71.3 Å². The van der Waals surface area contributed by atoms with Crippen LogP contribution in [0.3, 0.4) is 0 Å². The predicted molar refractivity (Wildman–Crippen MR) is 89.5 cm³/mol. The molecule has 2 aromatic carbocycles. The zero-order valence-corrected chi connectivity index (χ0v) is 12.8. The van der Waals surface area contributed by atoms with E-state index >= 15 is 0 Å². The van der Waals surface area contributed by atoms with Gasteiger partial charge in [-0.15, -0.1) is 0 Å². The highest BCUT2D eigenvalue weighted by molar-refractivity contribution is 6.14. The van der Waals surface area contributed by atoms with Crippen LogP contribution in [0.2, 0.25) is 0 Å². The summed E-state index contributed by atoms with van der Waals surface area (Å²) in [6.45, 7) is 0.254. The molecule has 0 atom stereocenters. The number of aromatic nitrogens is 2. The summed E-state index contributed by atoms with van der Waals surface area (Å²) in [5.74, 6) is 1.53. The van der Waals surface area contributed by atoms with Crippen molar-refractivity contribution in [2.24, 2.45) is 5.10 Å². The molecule has 0 amide bonds. The van der Waals surface area contributed by atoms with Crippen molar-refractivity contribution < 1.29 is 9.47 Å². The van der Waals surface area contributed by atoms with Crippen LogP contribution in [0, 0.1) is 0 Å². The number of hydrogen-bond donors (Lipinski definition) is 1. The summed E-state index contributed by atoms with van der Waals surface area (Å²) < 4.78 is 12.9. The zero-order valence-electron chi connectivity index (χ0n) is 12.8. The maximum atomic E-state index is 5.82. The molecule has 0 radical (unpaired) electrons. The molecule has 0 unspecified atom stereocenters. The van der Waals surface area contributed by atoms with Gasteiger partial charge in [0.05, 0.1) is 17.6 Å². The number of nitrogen functional groups attached to an aromatic ring is 1. The van der Waals surface area contributed by atoms with Crippen molar-refractivity contribution in [2.75, 3.05) is 12.5 Å². The third-order valence-corrected chi connectivity index (χ3v) is 4.31. The van der Waals surface area contributed by atoms with E-state index in [9.17, 15) is 0 Å². The van der Waals surface area contributed by atoms with Crippen LogP contribution in [0.15, 0.2) is 54.0 Å². The van der Waals surface area contributed by atoms with Crippen molar-refractivity contribution in [1.82, 2.24) is 9.66 Å². The minimum Gasteiger partial charge on any atom is -0.454 e. The molecule has 0 saturated heterocycles. The zero-order chi connectivity index (χ0) is 16.1. The fourth-order valence-corrected chi connectivity index (χ4v) is 3.09. The largest absolute Gasteiger partial charge is 0.454 e. The van der Waals surface area contributed by atoms with E-state index in [1.165, 1.54) is 0 Å². The lowest BCUT2D eigenvalue weighted by molar-refractivity contribution is 0.174. The van der Waals surface area contributed by atoms with Crippen molar-refractivity contribution in [3.63, 3.8) is 0 Å². The third kappa shape index (κ3) is 1.96. The normalized spacial score (nSPS) is 14.6. The fourth-order valence-electron chi connectivity index (χ4n) is 3.09. The molecular formula is C18H14N4O2. The lowest BCUT2D eigenvalue weighted by Gasteiger charge is -2.11. The average Bonchev–Trinajstić information content (AvgIpc) is 3.19. The summed E-state index contributed by atoms with van der Waals surface area (Å²) in [5, 5.41) is 4.80. The molecule has 2 aliphatic heterocycles. The second-order valence-corrected chi connectivity index (χ2v) is 5.84. The van der Waals surface area contributed by atoms with Gasteiger partial charge in [-0.3, -0.25) is 0 Å². The SMILES string of the molecule is Nc1ccc(C2=Nn3cncc3Cc3cc4c(cc32)OCO4)cc1. The van der Waals surface area contributed by atoms with E-state index in [1.54, 1.807) is 6.33 Å². The van der Waals surface area contributed by atoms with Crippen LogP contribution in [0.1, 0.15) is 22.4 Å². The number of fused-ring (bicyclic) bond motifs is 3. The topological polar surface area (TPSA) is 74.7 Å². The Hall–Kier alpha value is -3.28. The van der Waals surface area contributed by atoms with Gasteiger partial charge in [-0.25, -0.2) is 9.66 Å². The van der Waals surface area contributed by atoms with Crippen molar-refractivity contribution in [1.29, 1.82) is 0 Å². The van der Waals surface area contributed by atoms with Gasteiger partial charge in [0, 0.05) is 23.2 Å². The highest BCUT2D eigenvalue weighted by atomic mass is 16.7. The van der Waals surface area contributed by atoms with Crippen LogP contribution in [-0.2, 0) is 6.42 Å². The number of anilines is 1. The van der Waals surface area contributed by atoms with Crippen LogP contribution in [-0.4, -0.2) is 22.2 Å². The second kappa shape index (κ2) is 4.86. The van der Waals surface area contributed by atoms with Crippen LogP contribution in [0.25, 0.3) is 0 Å². The van der Waals surface area contributed by atoms with E-state index in [4.69, 9.17) is 20.3 Å². The predicted octanol–water partition coefficient (Wildman–Crippen LogP) is 2.40. The highest BCUT2D eigenvalue weighted by Gasteiger charge is 2.24. The number of nitrogens with two attached hydrogens (primary N) is 1. The van der Waals surface area contributed by atoms with E-state index in [2.05, 4.69) is 4.98 Å². The van der Waals surface area contributed by atoms with Gasteiger partial charge in [0.1, 0.15) is 6.33 Å². The number of imidazole rings is 1. The summed E-state index contributed by atoms with van der Waals surface area (Å²) in [6.07, 6.45) is 4.29. The molecule has 24 heavy (non-hydrogen) atoms. The van der Waals surface area contributed by atoms with Crippen molar-refractivity contribution in [2.45, 2.75) is 6.42 Å². The minimum absolute atomic E-state index is 0.254. The smallest absolute Gasteiger partial charge is 0.231 e. The van der Waals surface area contributed by atoms with Crippen LogP contribution >= 0.6 is 0 Å². The first-order valence-corrected chi connectivity index (χ1v) is 7.67. The maximum Gasteiger partial charge on any atom is 0.231 e. The molecule has 118 valence electrons. The van der Waals surface area contributed by atoms with Gasteiger partial charge in [-0.1, -0.05) is 12.1 Å². The van der Waals surface area contributed by atoms with Crippen LogP contribution in [0.4, 0.5) is 5.69 Å². The Bertz CT molecular complexity index is 973. The highest BCUT2D eigenvalue weighted by Crippen LogP contribution is 2.37. The van der Waals surface area contributed by atoms with Gasteiger partial charge in [-0.2, -0.15) is 5.10 Å². The molecule has 6 nitrogen and oxygen atoms in total. The summed E-state index contributed by atoms with van der Waals surface area (Å²) in [4.78, 5) is 4.21. The number of rotatable bonds is 1. The van der Waals surface area contributed by atoms with Crippen LogP contribution in [0.5, 0.6) is 11.5 Å². The van der Waals surface area contributed by atoms with E-state index < -0.39 is 0 Å². The molecule has 0 bridgehead atoms. The number of nitrogens with zero attached hydrogens (tertiary/aromatic N) is 3. The van der Waals surface area contributed by atoms with Gasteiger partial charge in [0.2, 0.25) is 6.79 Å². The van der Waals surface area contributed by atoms with Crippen molar-refractivity contribution >= 4 is 11.4 Å². The molecule has 3 heterocycles. The van der Waals surface area contributed by atoms with E-state index in [0.717, 1.165) is 51.7 Å². The molecule has 2 N–H and O–H groups in total. The molecule has 6 heteroatoms. The Morgan fingerprint density at radius 3 is 2.67 bits per heavy atom. The van der Waals surface area contributed by atoms with Gasteiger partial charge in [0.25, 0.3) is 0 Å². The number of ether oxygens (including phenoxy) is 2. The molecular weight excluding hydrogens is 304 g/mol. The minimum atomic E-state index is 0.254. The summed E-state index contributed by atoms with van der Waals surface area (Å²) in [6, 6.07) is 11.8. The summed E-state index contributed by atoms with van der Waals surface area (Å²) in [5.41, 5.74) is 11.6. The second-order valence-electron chi connectivity index (χ2n) is 5.84. The summed E-state index contributed by atoms with van der Waals surface area (Å²) in [7, 11) is 0. The van der Waals surface area contributed by atoms with Crippen molar-refractivity contribution in [3.8, 4) is 11.5 Å². The Morgan fingerprint density at radius 2 is 1.83 bits per heavy atom. The third-order valence-electron chi connectivity index (χ3n) is 4.31. The molecule has 2 aliphatic rings. The fraction of sp³-hybridized carbons (Fsp3) is 0.111. The quantitative estimate of drug-likeness (QED) is 0.547. The van der Waals surface area contributed by atoms with E-state index in [1.807, 2.05) is 47.3 Å². The molecule has 0 saturated carbocycles. The van der Waals surface area contributed by atoms with Crippen LogP contribution < -0.4 is 15.2 Å². The Morgan fingerprint density at radius 1 is 1.04 bits per heavy atom. The lowest BCUT2D eigenvalue weighted by atomic mass is 9.95. The first-order valence-electron chi connectivity index (χ1n) is 7.67. The standard InChI is InChI=1S/C18H14N4O2/c19-13-3-1-11(2-4-13)18-15-7-17-16(23-10-24-17)6-12(15)5-14-8-20-9-22(14)21-18/h1-4,6-9H,5,10,19H2. The van der Waals surface area contributed by atoms with Gasteiger partial charge in [-0.05, 0) is 29.8 Å². The Kier molecular flexibility index (Phi) is 2.67. The molecule has 0 spiro atoms. The number of benzene rings is 2. The molecule has 1 aromatic heterocycles. The Labute approximate surface area is 138 Å². The van der Waals surface area contributed by atoms with Gasteiger partial charge < -0.3 is 15.2 Å². The lowest BCUT2D eigenvalue weighted by Crippen LogP contribution is -2.07. The maximum absolute atomic E-state index is 5.82. The van der Waals surface area contributed by atoms with E-state index in [0.29, 0.717) is 0 Å². The summed E-state index contributed by atoms with van der Waals surface area (Å²) >= 11 is 0. The average molecular weight is 318 g/mol. The monoisotopic (exact) mass is 318 g/mol.